The Bertz CT molecular complexity index is 1410. The quantitative estimate of drug-likeness (QED) is 0.228. The second kappa shape index (κ2) is 14.1. The first-order valence-electron chi connectivity index (χ1n) is 13.9. The van der Waals surface area contributed by atoms with Gasteiger partial charge in [0.05, 0.1) is 33.8 Å². The van der Waals surface area contributed by atoms with E-state index in [4.69, 9.17) is 27.9 Å². The standard InChI is InChI=1S/C33H38Cl2N2O5/c1-7-42-28-16-13-22(18-27(28)37(19-20(2)3)32(41)33(4,5)6)24(31(39)40)17-21-11-14-23(15-12-21)36-30(38)29-25(34)9-8-10-26(29)35/h8-16,18,20,24H,7,17,19H2,1-6H3,(H,36,38)(H,39,40). The molecule has 0 bridgehead atoms. The number of carboxylic acid groups (broad SMARTS) is 1. The molecule has 0 aliphatic heterocycles. The molecule has 7 nitrogen and oxygen atoms in total. The van der Waals surface area contributed by atoms with E-state index in [9.17, 15) is 19.5 Å². The Morgan fingerprint density at radius 1 is 0.976 bits per heavy atom. The van der Waals surface area contributed by atoms with E-state index in [0.717, 1.165) is 5.56 Å². The summed E-state index contributed by atoms with van der Waals surface area (Å²) < 4.78 is 5.88. The largest absolute Gasteiger partial charge is 0.492 e. The molecule has 0 spiro atoms. The van der Waals surface area contributed by atoms with Crippen LogP contribution < -0.4 is 15.0 Å². The van der Waals surface area contributed by atoms with Crippen LogP contribution in [-0.2, 0) is 16.0 Å². The highest BCUT2D eigenvalue weighted by Crippen LogP contribution is 2.36. The third-order valence-corrected chi connectivity index (χ3v) is 7.18. The van der Waals surface area contributed by atoms with Gasteiger partial charge in [0.15, 0.2) is 0 Å². The molecule has 3 aromatic rings. The minimum Gasteiger partial charge on any atom is -0.492 e. The lowest BCUT2D eigenvalue weighted by molar-refractivity contribution is -0.138. The van der Waals surface area contributed by atoms with E-state index in [1.807, 2.05) is 41.5 Å². The average molecular weight is 614 g/mol. The van der Waals surface area contributed by atoms with Gasteiger partial charge >= 0.3 is 5.97 Å². The molecule has 224 valence electrons. The van der Waals surface area contributed by atoms with Crippen LogP contribution in [0.5, 0.6) is 5.75 Å². The number of carbonyl (C=O) groups excluding carboxylic acids is 2. The predicted molar refractivity (Wildman–Crippen MR) is 169 cm³/mol. The lowest BCUT2D eigenvalue weighted by Crippen LogP contribution is -2.42. The molecule has 2 N–H and O–H groups in total. The second-order valence-corrected chi connectivity index (χ2v) is 12.4. The fraction of sp³-hybridized carbons (Fsp3) is 0.364. The number of ether oxygens (including phenoxy) is 1. The van der Waals surface area contributed by atoms with Gasteiger partial charge in [-0.3, -0.25) is 14.4 Å². The maximum atomic E-state index is 13.5. The smallest absolute Gasteiger partial charge is 0.311 e. The van der Waals surface area contributed by atoms with Crippen LogP contribution in [0.25, 0.3) is 0 Å². The molecule has 3 rings (SSSR count). The molecule has 1 unspecified atom stereocenters. The second-order valence-electron chi connectivity index (χ2n) is 11.6. The Morgan fingerprint density at radius 3 is 2.12 bits per heavy atom. The van der Waals surface area contributed by atoms with Gasteiger partial charge in [0, 0.05) is 17.6 Å². The molecule has 0 aliphatic rings. The number of nitrogens with zero attached hydrogens (tertiary/aromatic N) is 1. The highest BCUT2D eigenvalue weighted by molar-refractivity contribution is 6.40. The van der Waals surface area contributed by atoms with Crippen molar-refractivity contribution in [3.05, 3.63) is 87.4 Å². The van der Waals surface area contributed by atoms with Gasteiger partial charge in [0.2, 0.25) is 5.91 Å². The number of halogens is 2. The van der Waals surface area contributed by atoms with E-state index in [1.165, 1.54) is 0 Å². The van der Waals surface area contributed by atoms with E-state index >= 15 is 0 Å². The number of benzene rings is 3. The maximum Gasteiger partial charge on any atom is 0.311 e. The van der Waals surface area contributed by atoms with Gasteiger partial charge in [-0.1, -0.05) is 82.1 Å². The van der Waals surface area contributed by atoms with Crippen molar-refractivity contribution in [1.29, 1.82) is 0 Å². The van der Waals surface area contributed by atoms with Crippen LogP contribution >= 0.6 is 23.2 Å². The van der Waals surface area contributed by atoms with Crippen molar-refractivity contribution in [3.8, 4) is 5.75 Å². The molecular formula is C33H38Cl2N2O5. The van der Waals surface area contributed by atoms with Crippen LogP contribution in [0.4, 0.5) is 11.4 Å². The lowest BCUT2D eigenvalue weighted by atomic mass is 9.90. The van der Waals surface area contributed by atoms with Crippen LogP contribution in [0.15, 0.2) is 60.7 Å². The number of hydrogen-bond acceptors (Lipinski definition) is 4. The summed E-state index contributed by atoms with van der Waals surface area (Å²) >= 11 is 12.3. The Kier molecular flexibility index (Phi) is 11.0. The fourth-order valence-electron chi connectivity index (χ4n) is 4.52. The van der Waals surface area contributed by atoms with Crippen molar-refractivity contribution < 1.29 is 24.2 Å². The van der Waals surface area contributed by atoms with E-state index in [2.05, 4.69) is 5.32 Å². The molecule has 3 aromatic carbocycles. The molecule has 42 heavy (non-hydrogen) atoms. The Morgan fingerprint density at radius 2 is 1.60 bits per heavy atom. The van der Waals surface area contributed by atoms with Gasteiger partial charge in [-0.25, -0.2) is 0 Å². The van der Waals surface area contributed by atoms with Crippen molar-refractivity contribution in [3.63, 3.8) is 0 Å². The molecular weight excluding hydrogens is 575 g/mol. The zero-order valence-electron chi connectivity index (χ0n) is 24.8. The molecule has 0 radical (unpaired) electrons. The zero-order chi connectivity index (χ0) is 31.2. The van der Waals surface area contributed by atoms with Crippen LogP contribution in [0.2, 0.25) is 10.0 Å². The van der Waals surface area contributed by atoms with Crippen LogP contribution in [0.3, 0.4) is 0 Å². The SMILES string of the molecule is CCOc1ccc(C(Cc2ccc(NC(=O)c3c(Cl)cccc3Cl)cc2)C(=O)O)cc1N(CC(C)C)C(=O)C(C)(C)C. The number of aliphatic carboxylic acids is 1. The molecule has 0 heterocycles. The molecule has 0 aromatic heterocycles. The number of amides is 2. The summed E-state index contributed by atoms with van der Waals surface area (Å²) in [5.41, 5.74) is 1.93. The molecule has 0 saturated carbocycles. The summed E-state index contributed by atoms with van der Waals surface area (Å²) in [6.45, 7) is 12.4. The monoisotopic (exact) mass is 612 g/mol. The number of hydrogen-bond donors (Lipinski definition) is 2. The molecule has 0 fully saturated rings. The van der Waals surface area contributed by atoms with Crippen molar-refractivity contribution >= 4 is 52.4 Å². The highest BCUT2D eigenvalue weighted by Gasteiger charge is 2.32. The van der Waals surface area contributed by atoms with Gasteiger partial charge < -0.3 is 20.1 Å². The minimum absolute atomic E-state index is 0.0723. The average Bonchev–Trinajstić information content (AvgIpc) is 2.90. The van der Waals surface area contributed by atoms with Crippen molar-refractivity contribution in [2.75, 3.05) is 23.4 Å². The van der Waals surface area contributed by atoms with Gasteiger partial charge in [-0.05, 0) is 66.8 Å². The van der Waals surface area contributed by atoms with Gasteiger partial charge in [-0.15, -0.1) is 0 Å². The molecule has 0 aliphatic carbocycles. The molecule has 2 amide bonds. The number of nitrogens with one attached hydrogen (secondary N) is 1. The first kappa shape index (κ1) is 33.0. The number of carbonyl (C=O) groups is 3. The number of rotatable bonds is 11. The normalized spacial score (nSPS) is 12.1. The summed E-state index contributed by atoms with van der Waals surface area (Å²) in [5, 5.41) is 13.5. The summed E-state index contributed by atoms with van der Waals surface area (Å²) in [7, 11) is 0. The van der Waals surface area contributed by atoms with Crippen LogP contribution in [0.1, 0.15) is 68.9 Å². The summed E-state index contributed by atoms with van der Waals surface area (Å²) in [6.07, 6.45) is 0.199. The van der Waals surface area contributed by atoms with Crippen LogP contribution in [-0.4, -0.2) is 36.0 Å². The van der Waals surface area contributed by atoms with E-state index in [1.54, 1.807) is 65.6 Å². The van der Waals surface area contributed by atoms with Crippen molar-refractivity contribution in [1.82, 2.24) is 0 Å². The zero-order valence-corrected chi connectivity index (χ0v) is 26.3. The van der Waals surface area contributed by atoms with Crippen molar-refractivity contribution in [2.24, 2.45) is 11.3 Å². The molecule has 1 atom stereocenters. The first-order valence-corrected chi connectivity index (χ1v) is 14.6. The Labute approximate surface area is 257 Å². The van der Waals surface area contributed by atoms with E-state index in [0.29, 0.717) is 35.8 Å². The van der Waals surface area contributed by atoms with Gasteiger partial charge in [-0.2, -0.15) is 0 Å². The van der Waals surface area contributed by atoms with E-state index < -0.39 is 23.2 Å². The van der Waals surface area contributed by atoms with Crippen molar-refractivity contribution in [2.45, 2.75) is 53.9 Å². The van der Waals surface area contributed by atoms with Crippen LogP contribution in [0, 0.1) is 11.3 Å². The molecule has 0 saturated heterocycles. The summed E-state index contributed by atoms with van der Waals surface area (Å²) in [5.74, 6) is -1.68. The van der Waals surface area contributed by atoms with Gasteiger partial charge in [0.1, 0.15) is 5.75 Å². The Hall–Kier alpha value is -3.55. The maximum absolute atomic E-state index is 13.5. The highest BCUT2D eigenvalue weighted by atomic mass is 35.5. The Balaban J connectivity index is 1.91. The summed E-state index contributed by atoms with van der Waals surface area (Å²) in [4.78, 5) is 40.5. The first-order chi connectivity index (χ1) is 19.7. The fourth-order valence-corrected chi connectivity index (χ4v) is 5.09. The van der Waals surface area contributed by atoms with Gasteiger partial charge in [0.25, 0.3) is 5.91 Å². The third-order valence-electron chi connectivity index (χ3n) is 6.55. The minimum atomic E-state index is -0.992. The third kappa shape index (κ3) is 8.26. The van der Waals surface area contributed by atoms with E-state index in [-0.39, 0.29) is 33.9 Å². The molecule has 9 heteroatoms. The number of anilines is 2. The predicted octanol–water partition coefficient (Wildman–Crippen LogP) is 8.09. The lowest BCUT2D eigenvalue weighted by Gasteiger charge is -2.32. The topological polar surface area (TPSA) is 95.9 Å². The number of carboxylic acids is 1. The summed E-state index contributed by atoms with van der Waals surface area (Å²) in [6, 6.07) is 17.0.